The first-order valence-corrected chi connectivity index (χ1v) is 8.19. The van der Waals surface area contributed by atoms with Gasteiger partial charge in [0.2, 0.25) is 0 Å². The molecular weight excluding hydrogens is 262 g/mol. The fourth-order valence-corrected chi connectivity index (χ4v) is 3.25. The number of hydrogen-bond acceptors (Lipinski definition) is 4. The van der Waals surface area contributed by atoms with E-state index < -0.39 is 0 Å². The zero-order valence-electron chi connectivity index (χ0n) is 14.0. The minimum Gasteiger partial charge on any atom is -0.312 e. The summed E-state index contributed by atoms with van der Waals surface area (Å²) < 4.78 is 1.90. The lowest BCUT2D eigenvalue weighted by atomic mass is 9.99. The Kier molecular flexibility index (Phi) is 6.21. The number of aromatic nitrogens is 2. The number of likely N-dealkylation sites (N-methyl/N-ethyl adjacent to an activating group) is 2. The van der Waals surface area contributed by atoms with Gasteiger partial charge in [-0.2, -0.15) is 5.10 Å². The van der Waals surface area contributed by atoms with Crippen LogP contribution in [-0.4, -0.2) is 71.9 Å². The molecule has 0 spiro atoms. The van der Waals surface area contributed by atoms with Crippen molar-refractivity contribution in [2.75, 3.05) is 40.3 Å². The van der Waals surface area contributed by atoms with Gasteiger partial charge in [-0.15, -0.1) is 0 Å². The van der Waals surface area contributed by atoms with E-state index in [2.05, 4.69) is 47.4 Å². The number of nitrogens with zero attached hydrogens (tertiary/aromatic N) is 4. The van der Waals surface area contributed by atoms with Gasteiger partial charge in [0.1, 0.15) is 0 Å². The zero-order valence-corrected chi connectivity index (χ0v) is 14.0. The van der Waals surface area contributed by atoms with E-state index >= 15 is 0 Å². The monoisotopic (exact) mass is 293 g/mol. The van der Waals surface area contributed by atoms with E-state index in [9.17, 15) is 0 Å². The molecule has 0 radical (unpaired) electrons. The lowest BCUT2D eigenvalue weighted by Crippen LogP contribution is -2.53. The van der Waals surface area contributed by atoms with Crippen LogP contribution in [0, 0.1) is 0 Å². The van der Waals surface area contributed by atoms with Gasteiger partial charge in [0.25, 0.3) is 0 Å². The van der Waals surface area contributed by atoms with Gasteiger partial charge in [-0.3, -0.25) is 4.68 Å². The van der Waals surface area contributed by atoms with Crippen molar-refractivity contribution < 1.29 is 0 Å². The van der Waals surface area contributed by atoms with Gasteiger partial charge < -0.3 is 15.1 Å². The number of hydrogen-bond donors (Lipinski definition) is 1. The molecule has 120 valence electrons. The van der Waals surface area contributed by atoms with Gasteiger partial charge in [-0.05, 0) is 58.6 Å². The molecule has 5 heteroatoms. The highest BCUT2D eigenvalue weighted by Gasteiger charge is 2.28. The van der Waals surface area contributed by atoms with E-state index in [1.807, 2.05) is 17.9 Å². The molecule has 1 aromatic heterocycles. The van der Waals surface area contributed by atoms with Crippen LogP contribution in [-0.2, 0) is 13.5 Å². The van der Waals surface area contributed by atoms with Crippen molar-refractivity contribution in [1.29, 1.82) is 0 Å². The Morgan fingerprint density at radius 3 is 2.81 bits per heavy atom. The van der Waals surface area contributed by atoms with Gasteiger partial charge in [-0.25, -0.2) is 0 Å². The Morgan fingerprint density at radius 1 is 1.33 bits per heavy atom. The first-order chi connectivity index (χ1) is 10.1. The highest BCUT2D eigenvalue weighted by Crippen LogP contribution is 2.14. The quantitative estimate of drug-likeness (QED) is 0.848. The Morgan fingerprint density at radius 2 is 2.14 bits per heavy atom. The Bertz CT molecular complexity index is 417. The van der Waals surface area contributed by atoms with Crippen LogP contribution in [0.2, 0.25) is 0 Å². The van der Waals surface area contributed by atoms with Crippen molar-refractivity contribution >= 4 is 0 Å². The summed E-state index contributed by atoms with van der Waals surface area (Å²) in [6.07, 6.45) is 7.63. The van der Waals surface area contributed by atoms with Crippen LogP contribution in [0.25, 0.3) is 0 Å². The van der Waals surface area contributed by atoms with Gasteiger partial charge in [0.05, 0.1) is 6.20 Å². The van der Waals surface area contributed by atoms with Crippen molar-refractivity contribution in [2.24, 2.45) is 7.05 Å². The average molecular weight is 293 g/mol. The standard InChI is InChI=1S/C16H31N5/c1-5-7-17-15(10-14-11-18-21(4)12-14)16-13-19(2)8-6-9-20(16)3/h11-12,15-17H,5-10,13H2,1-4H3. The molecule has 0 amide bonds. The van der Waals surface area contributed by atoms with Crippen LogP contribution in [0.4, 0.5) is 0 Å². The topological polar surface area (TPSA) is 36.3 Å². The van der Waals surface area contributed by atoms with Crippen molar-refractivity contribution in [1.82, 2.24) is 24.9 Å². The highest BCUT2D eigenvalue weighted by atomic mass is 15.2. The predicted molar refractivity (Wildman–Crippen MR) is 87.5 cm³/mol. The van der Waals surface area contributed by atoms with Crippen molar-refractivity contribution in [3.8, 4) is 0 Å². The summed E-state index contributed by atoms with van der Waals surface area (Å²) in [7, 11) is 6.50. The van der Waals surface area contributed by atoms with E-state index in [1.54, 1.807) is 0 Å². The maximum absolute atomic E-state index is 4.31. The second kappa shape index (κ2) is 7.92. The molecule has 2 atom stereocenters. The van der Waals surface area contributed by atoms with E-state index in [0.717, 1.165) is 19.5 Å². The third-order valence-corrected chi connectivity index (χ3v) is 4.45. The summed E-state index contributed by atoms with van der Waals surface area (Å²) in [5.41, 5.74) is 1.33. The summed E-state index contributed by atoms with van der Waals surface area (Å²) in [5, 5.41) is 8.08. The molecule has 0 aliphatic carbocycles. The molecule has 2 rings (SSSR count). The molecule has 1 aliphatic heterocycles. The van der Waals surface area contributed by atoms with Gasteiger partial charge in [0, 0.05) is 31.9 Å². The highest BCUT2D eigenvalue weighted by molar-refractivity contribution is 5.08. The average Bonchev–Trinajstić information content (AvgIpc) is 2.78. The summed E-state index contributed by atoms with van der Waals surface area (Å²) >= 11 is 0. The number of rotatable bonds is 6. The Hall–Kier alpha value is -0.910. The van der Waals surface area contributed by atoms with E-state index in [0.29, 0.717) is 12.1 Å². The molecule has 1 saturated heterocycles. The first kappa shape index (κ1) is 16.5. The first-order valence-electron chi connectivity index (χ1n) is 8.19. The zero-order chi connectivity index (χ0) is 15.2. The fraction of sp³-hybridized carbons (Fsp3) is 0.812. The van der Waals surface area contributed by atoms with Crippen molar-refractivity contribution in [3.05, 3.63) is 18.0 Å². The lowest BCUT2D eigenvalue weighted by molar-refractivity contribution is 0.177. The normalized spacial score (nSPS) is 23.1. The third kappa shape index (κ3) is 4.80. The van der Waals surface area contributed by atoms with Gasteiger partial charge in [-0.1, -0.05) is 6.92 Å². The molecule has 5 nitrogen and oxygen atoms in total. The number of aryl methyl sites for hydroxylation is 1. The Balaban J connectivity index is 2.08. The minimum atomic E-state index is 0.486. The molecule has 21 heavy (non-hydrogen) atoms. The second-order valence-corrected chi connectivity index (χ2v) is 6.45. The largest absolute Gasteiger partial charge is 0.312 e. The molecule has 2 unspecified atom stereocenters. The van der Waals surface area contributed by atoms with Crippen molar-refractivity contribution in [2.45, 2.75) is 38.3 Å². The molecule has 1 fully saturated rings. The van der Waals surface area contributed by atoms with Gasteiger partial charge >= 0.3 is 0 Å². The molecule has 0 saturated carbocycles. The van der Waals surface area contributed by atoms with E-state index in [1.165, 1.54) is 31.5 Å². The smallest absolute Gasteiger partial charge is 0.0522 e. The van der Waals surface area contributed by atoms with Crippen LogP contribution in [0.1, 0.15) is 25.3 Å². The van der Waals surface area contributed by atoms with Crippen LogP contribution in [0.15, 0.2) is 12.4 Å². The molecule has 0 bridgehead atoms. The lowest BCUT2D eigenvalue weighted by Gasteiger charge is -2.35. The predicted octanol–water partition coefficient (Wildman–Crippen LogP) is 0.967. The van der Waals surface area contributed by atoms with Crippen LogP contribution in [0.3, 0.4) is 0 Å². The summed E-state index contributed by atoms with van der Waals surface area (Å²) in [6, 6.07) is 1.05. The van der Waals surface area contributed by atoms with Crippen LogP contribution >= 0.6 is 0 Å². The molecule has 1 aromatic rings. The molecule has 0 aromatic carbocycles. The van der Waals surface area contributed by atoms with Crippen molar-refractivity contribution in [3.63, 3.8) is 0 Å². The van der Waals surface area contributed by atoms with Gasteiger partial charge in [0.15, 0.2) is 0 Å². The summed E-state index contributed by atoms with van der Waals surface area (Å²) in [5.74, 6) is 0. The molecule has 1 N–H and O–H groups in total. The maximum Gasteiger partial charge on any atom is 0.0522 e. The maximum atomic E-state index is 4.31. The molecule has 1 aliphatic rings. The minimum absolute atomic E-state index is 0.486. The van der Waals surface area contributed by atoms with Crippen LogP contribution in [0.5, 0.6) is 0 Å². The SMILES string of the molecule is CCCNC(Cc1cnn(C)c1)C1CN(C)CCCN1C. The Labute approximate surface area is 129 Å². The molecule has 2 heterocycles. The summed E-state index contributed by atoms with van der Waals surface area (Å²) in [6.45, 7) is 6.84. The second-order valence-electron chi connectivity index (χ2n) is 6.45. The fourth-order valence-electron chi connectivity index (χ4n) is 3.25. The van der Waals surface area contributed by atoms with E-state index in [4.69, 9.17) is 0 Å². The van der Waals surface area contributed by atoms with E-state index in [-0.39, 0.29) is 0 Å². The third-order valence-electron chi connectivity index (χ3n) is 4.45. The summed E-state index contributed by atoms with van der Waals surface area (Å²) in [4.78, 5) is 5.01. The number of nitrogens with one attached hydrogen (secondary N) is 1. The van der Waals surface area contributed by atoms with Crippen LogP contribution < -0.4 is 5.32 Å². The molecular formula is C16H31N5.